The molecule has 1 heterocycles. The van der Waals surface area contributed by atoms with Crippen LogP contribution in [0.2, 0.25) is 0 Å². The van der Waals surface area contributed by atoms with Crippen molar-refractivity contribution in [1.82, 2.24) is 9.97 Å². The minimum atomic E-state index is -0.387. The van der Waals surface area contributed by atoms with Gasteiger partial charge in [0.05, 0.1) is 12.5 Å². The average Bonchev–Trinajstić information content (AvgIpc) is 1.95. The van der Waals surface area contributed by atoms with Gasteiger partial charge in [-0.05, 0) is 0 Å². The third kappa shape index (κ3) is 1.42. The van der Waals surface area contributed by atoms with Crippen LogP contribution in [-0.2, 0) is 6.42 Å². The standard InChI is InChI=1S/C6H5N3O/c7-2-1-5-3-8-6(10)9-4-5/h3-4H,1H2,(H,8,9,10). The van der Waals surface area contributed by atoms with E-state index in [1.165, 1.54) is 12.4 Å². The van der Waals surface area contributed by atoms with Crippen molar-refractivity contribution >= 4 is 0 Å². The van der Waals surface area contributed by atoms with Crippen molar-refractivity contribution in [3.05, 3.63) is 28.4 Å². The van der Waals surface area contributed by atoms with E-state index in [0.717, 1.165) is 5.56 Å². The number of aromatic amines is 1. The van der Waals surface area contributed by atoms with E-state index < -0.39 is 0 Å². The lowest BCUT2D eigenvalue weighted by Gasteiger charge is -1.87. The SMILES string of the molecule is N#CCc1cnc(=O)[nH]c1. The molecule has 1 rings (SSSR count). The molecule has 0 fully saturated rings. The Morgan fingerprint density at radius 1 is 1.80 bits per heavy atom. The fraction of sp³-hybridized carbons (Fsp3) is 0.167. The molecule has 0 bridgehead atoms. The Morgan fingerprint density at radius 2 is 2.60 bits per heavy atom. The van der Waals surface area contributed by atoms with E-state index in [2.05, 4.69) is 9.97 Å². The molecule has 0 spiro atoms. The van der Waals surface area contributed by atoms with Crippen molar-refractivity contribution in [1.29, 1.82) is 5.26 Å². The molecule has 0 aliphatic rings. The molecule has 4 nitrogen and oxygen atoms in total. The third-order valence-corrected chi connectivity index (χ3v) is 1.01. The molecule has 0 aromatic carbocycles. The summed E-state index contributed by atoms with van der Waals surface area (Å²) in [5.41, 5.74) is 0.337. The van der Waals surface area contributed by atoms with Crippen LogP contribution in [0.15, 0.2) is 17.2 Å². The highest BCUT2D eigenvalue weighted by atomic mass is 16.1. The molecule has 0 unspecified atom stereocenters. The molecule has 0 saturated carbocycles. The number of nitrogens with one attached hydrogen (secondary N) is 1. The minimum Gasteiger partial charge on any atom is -0.312 e. The van der Waals surface area contributed by atoms with E-state index in [1.807, 2.05) is 6.07 Å². The third-order valence-electron chi connectivity index (χ3n) is 1.01. The summed E-state index contributed by atoms with van der Waals surface area (Å²) in [4.78, 5) is 16.2. The highest BCUT2D eigenvalue weighted by Crippen LogP contribution is 1.89. The zero-order chi connectivity index (χ0) is 7.40. The Balaban J connectivity index is 2.92. The summed E-state index contributed by atoms with van der Waals surface area (Å²) in [5, 5.41) is 8.22. The number of nitrogens with zero attached hydrogens (tertiary/aromatic N) is 2. The van der Waals surface area contributed by atoms with Gasteiger partial charge < -0.3 is 4.98 Å². The summed E-state index contributed by atoms with van der Waals surface area (Å²) < 4.78 is 0. The highest BCUT2D eigenvalue weighted by molar-refractivity contribution is 5.07. The van der Waals surface area contributed by atoms with Gasteiger partial charge in [-0.25, -0.2) is 9.78 Å². The summed E-state index contributed by atoms with van der Waals surface area (Å²) in [6, 6.07) is 1.94. The number of nitriles is 1. The zero-order valence-electron chi connectivity index (χ0n) is 5.16. The van der Waals surface area contributed by atoms with Gasteiger partial charge in [-0.2, -0.15) is 5.26 Å². The molecule has 10 heavy (non-hydrogen) atoms. The minimum absolute atomic E-state index is 0.282. The molecular formula is C6H5N3O. The van der Waals surface area contributed by atoms with Gasteiger partial charge in [0.2, 0.25) is 0 Å². The van der Waals surface area contributed by atoms with Crippen LogP contribution in [0.4, 0.5) is 0 Å². The van der Waals surface area contributed by atoms with Gasteiger partial charge >= 0.3 is 5.69 Å². The predicted octanol–water partition coefficient (Wildman–Crippen LogP) is -0.164. The van der Waals surface area contributed by atoms with Crippen molar-refractivity contribution in [2.24, 2.45) is 0 Å². The fourth-order valence-corrected chi connectivity index (χ4v) is 0.558. The summed E-state index contributed by atoms with van der Waals surface area (Å²) >= 11 is 0. The number of H-pyrrole nitrogens is 1. The molecule has 1 N–H and O–H groups in total. The van der Waals surface area contributed by atoms with E-state index >= 15 is 0 Å². The lowest BCUT2D eigenvalue weighted by molar-refractivity contribution is 1.03. The molecule has 50 valence electrons. The number of rotatable bonds is 1. The molecule has 1 aromatic heterocycles. The first-order chi connectivity index (χ1) is 4.83. The second kappa shape index (κ2) is 2.78. The molecule has 0 aliphatic heterocycles. The Morgan fingerprint density at radius 3 is 3.10 bits per heavy atom. The van der Waals surface area contributed by atoms with Crippen LogP contribution >= 0.6 is 0 Å². The van der Waals surface area contributed by atoms with Gasteiger partial charge in [-0.1, -0.05) is 0 Å². The van der Waals surface area contributed by atoms with Gasteiger partial charge in [0.1, 0.15) is 0 Å². The number of hydrogen-bond acceptors (Lipinski definition) is 3. The van der Waals surface area contributed by atoms with Crippen LogP contribution in [0.25, 0.3) is 0 Å². The van der Waals surface area contributed by atoms with Gasteiger partial charge in [-0.3, -0.25) is 0 Å². The average molecular weight is 135 g/mol. The van der Waals surface area contributed by atoms with Gasteiger partial charge in [0.25, 0.3) is 0 Å². The molecular weight excluding hydrogens is 130 g/mol. The summed E-state index contributed by atoms with van der Waals surface area (Å²) in [7, 11) is 0. The second-order valence-corrected chi connectivity index (χ2v) is 1.76. The Hall–Kier alpha value is -1.63. The topological polar surface area (TPSA) is 69.5 Å². The lowest BCUT2D eigenvalue weighted by Crippen LogP contribution is -2.08. The van der Waals surface area contributed by atoms with E-state index in [0.29, 0.717) is 0 Å². The zero-order valence-corrected chi connectivity index (χ0v) is 5.16. The Bertz CT molecular complexity index is 289. The maximum atomic E-state index is 10.4. The van der Waals surface area contributed by atoms with Crippen molar-refractivity contribution in [3.63, 3.8) is 0 Å². The molecule has 0 atom stereocenters. The van der Waals surface area contributed by atoms with Gasteiger partial charge in [-0.15, -0.1) is 0 Å². The molecule has 0 saturated heterocycles. The Kier molecular flexibility index (Phi) is 1.80. The Labute approximate surface area is 57.2 Å². The van der Waals surface area contributed by atoms with Crippen molar-refractivity contribution in [2.45, 2.75) is 6.42 Å². The quantitative estimate of drug-likeness (QED) is 0.581. The number of hydrogen-bond donors (Lipinski definition) is 1. The monoisotopic (exact) mass is 135 g/mol. The summed E-state index contributed by atoms with van der Waals surface area (Å²) in [5.74, 6) is 0. The number of aromatic nitrogens is 2. The molecule has 0 amide bonds. The van der Waals surface area contributed by atoms with E-state index in [9.17, 15) is 4.79 Å². The van der Waals surface area contributed by atoms with E-state index in [-0.39, 0.29) is 12.1 Å². The molecule has 0 aliphatic carbocycles. The van der Waals surface area contributed by atoms with Gasteiger partial charge in [0, 0.05) is 18.0 Å². The van der Waals surface area contributed by atoms with E-state index in [4.69, 9.17) is 5.26 Å². The van der Waals surface area contributed by atoms with Gasteiger partial charge in [0.15, 0.2) is 0 Å². The highest BCUT2D eigenvalue weighted by Gasteiger charge is 1.89. The summed E-state index contributed by atoms with van der Waals surface area (Å²) in [6.07, 6.45) is 3.16. The van der Waals surface area contributed by atoms with Crippen LogP contribution in [0.1, 0.15) is 5.56 Å². The van der Waals surface area contributed by atoms with Crippen molar-refractivity contribution < 1.29 is 0 Å². The second-order valence-electron chi connectivity index (χ2n) is 1.76. The van der Waals surface area contributed by atoms with Crippen LogP contribution in [0.5, 0.6) is 0 Å². The molecule has 1 aromatic rings. The van der Waals surface area contributed by atoms with Crippen LogP contribution in [0, 0.1) is 11.3 Å². The smallest absolute Gasteiger partial charge is 0.312 e. The first-order valence-electron chi connectivity index (χ1n) is 2.73. The fourth-order valence-electron chi connectivity index (χ4n) is 0.558. The van der Waals surface area contributed by atoms with Crippen LogP contribution in [-0.4, -0.2) is 9.97 Å². The van der Waals surface area contributed by atoms with Crippen molar-refractivity contribution in [2.75, 3.05) is 0 Å². The normalized spacial score (nSPS) is 8.70. The predicted molar refractivity (Wildman–Crippen MR) is 34.2 cm³/mol. The summed E-state index contributed by atoms with van der Waals surface area (Å²) in [6.45, 7) is 0. The first-order valence-corrected chi connectivity index (χ1v) is 2.73. The first kappa shape index (κ1) is 6.49. The largest absolute Gasteiger partial charge is 0.344 e. The molecule has 4 heteroatoms. The van der Waals surface area contributed by atoms with E-state index in [1.54, 1.807) is 0 Å². The van der Waals surface area contributed by atoms with Crippen LogP contribution in [0.3, 0.4) is 0 Å². The van der Waals surface area contributed by atoms with Crippen molar-refractivity contribution in [3.8, 4) is 6.07 Å². The lowest BCUT2D eigenvalue weighted by atomic mass is 10.3. The maximum absolute atomic E-state index is 10.4. The van der Waals surface area contributed by atoms with Crippen LogP contribution < -0.4 is 5.69 Å². The maximum Gasteiger partial charge on any atom is 0.344 e. The molecule has 0 radical (unpaired) electrons.